The van der Waals surface area contributed by atoms with Gasteiger partial charge in [-0.05, 0) is 59.8 Å². The summed E-state index contributed by atoms with van der Waals surface area (Å²) in [7, 11) is 3.94. The summed E-state index contributed by atoms with van der Waals surface area (Å²) >= 11 is 0. The average Bonchev–Trinajstić information content (AvgIpc) is 3.39. The second kappa shape index (κ2) is 8.64. The van der Waals surface area contributed by atoms with Gasteiger partial charge in [-0.15, -0.1) is 0 Å². The molecule has 0 spiro atoms. The minimum atomic E-state index is -0.0568. The summed E-state index contributed by atoms with van der Waals surface area (Å²) in [4.78, 5) is 7.33. The van der Waals surface area contributed by atoms with E-state index >= 15 is 0 Å². The van der Waals surface area contributed by atoms with Gasteiger partial charge in [0.05, 0.1) is 39.7 Å². The van der Waals surface area contributed by atoms with Gasteiger partial charge in [0, 0.05) is 44.2 Å². The molecule has 0 aliphatic carbocycles. The number of nitrogens with zero attached hydrogens (tertiary/aromatic N) is 7. The third-order valence-corrected chi connectivity index (χ3v) is 6.87. The van der Waals surface area contributed by atoms with E-state index in [-0.39, 0.29) is 6.10 Å². The van der Waals surface area contributed by atoms with Crippen LogP contribution in [0.5, 0.6) is 5.88 Å². The Hall–Kier alpha value is -3.46. The largest absolute Gasteiger partial charge is 0.473 e. The lowest BCUT2D eigenvalue weighted by atomic mass is 10.1. The molecule has 1 N–H and O–H groups in total. The first kappa shape index (κ1) is 23.3. The van der Waals surface area contributed by atoms with Crippen LogP contribution in [0.4, 0.5) is 0 Å². The Morgan fingerprint density at radius 2 is 1.77 bits per heavy atom. The van der Waals surface area contributed by atoms with E-state index < -0.39 is 0 Å². The Labute approximate surface area is 205 Å². The molecule has 1 atom stereocenters. The maximum Gasteiger partial charge on any atom is 0.221 e. The molecule has 0 aromatic carbocycles. The summed E-state index contributed by atoms with van der Waals surface area (Å²) in [5, 5.41) is 18.2. The molecule has 35 heavy (non-hydrogen) atoms. The third kappa shape index (κ3) is 4.03. The van der Waals surface area contributed by atoms with Gasteiger partial charge in [0.25, 0.3) is 0 Å². The summed E-state index contributed by atoms with van der Waals surface area (Å²) in [6, 6.07) is 2.42. The van der Waals surface area contributed by atoms with Crippen LogP contribution in [-0.4, -0.2) is 58.3 Å². The molecule has 5 heterocycles. The highest BCUT2D eigenvalue weighted by atomic mass is 16.5. The van der Waals surface area contributed by atoms with Crippen molar-refractivity contribution in [1.29, 1.82) is 0 Å². The highest BCUT2D eigenvalue weighted by Crippen LogP contribution is 2.35. The Morgan fingerprint density at radius 3 is 2.51 bits per heavy atom. The normalized spacial score (nSPS) is 17.8. The van der Waals surface area contributed by atoms with Crippen molar-refractivity contribution in [3.63, 3.8) is 0 Å². The summed E-state index contributed by atoms with van der Waals surface area (Å²) < 4.78 is 10.4. The molecule has 184 valence electrons. The lowest BCUT2D eigenvalue weighted by Gasteiger charge is -2.30. The molecule has 0 unspecified atom stereocenters. The Balaban J connectivity index is 1.75. The molecule has 2 bridgehead atoms. The van der Waals surface area contributed by atoms with Gasteiger partial charge in [-0.1, -0.05) is 0 Å². The first-order valence-corrected chi connectivity index (χ1v) is 12.1. The van der Waals surface area contributed by atoms with Gasteiger partial charge in [0.1, 0.15) is 11.6 Å². The molecule has 0 saturated heterocycles. The fourth-order valence-corrected chi connectivity index (χ4v) is 5.01. The van der Waals surface area contributed by atoms with Crippen molar-refractivity contribution in [3.8, 4) is 17.1 Å². The maximum absolute atomic E-state index is 6.57. The van der Waals surface area contributed by atoms with Gasteiger partial charge in [-0.2, -0.15) is 15.3 Å². The van der Waals surface area contributed by atoms with Crippen LogP contribution in [0.25, 0.3) is 34.3 Å². The molecular weight excluding hydrogens is 440 g/mol. The van der Waals surface area contributed by atoms with E-state index in [4.69, 9.17) is 14.8 Å². The number of ether oxygens (including phenoxy) is 1. The van der Waals surface area contributed by atoms with Gasteiger partial charge in [-0.3, -0.25) is 19.7 Å². The van der Waals surface area contributed by atoms with Crippen molar-refractivity contribution in [1.82, 2.24) is 39.6 Å². The smallest absolute Gasteiger partial charge is 0.221 e. The topological polar surface area (TPSA) is 89.7 Å². The van der Waals surface area contributed by atoms with E-state index in [1.54, 1.807) is 0 Å². The highest BCUT2D eigenvalue weighted by molar-refractivity contribution is 5.93. The zero-order chi connectivity index (χ0) is 25.0. The number of rotatable bonds is 1. The minimum Gasteiger partial charge on any atom is -0.473 e. The summed E-state index contributed by atoms with van der Waals surface area (Å²) in [6.07, 6.45) is 4.19. The van der Waals surface area contributed by atoms with Crippen LogP contribution in [0, 0.1) is 20.8 Å². The number of aryl methyl sites for hydroxylation is 5. The van der Waals surface area contributed by atoms with E-state index in [1.807, 2.05) is 37.3 Å². The zero-order valence-corrected chi connectivity index (χ0v) is 21.8. The first-order valence-electron chi connectivity index (χ1n) is 12.1. The Kier molecular flexibility index (Phi) is 5.75. The fraction of sp³-hybridized carbons (Fsp3) is 0.462. The summed E-state index contributed by atoms with van der Waals surface area (Å²) in [6.45, 7) is 14.2. The lowest BCUT2D eigenvalue weighted by molar-refractivity contribution is 0.110. The van der Waals surface area contributed by atoms with Crippen molar-refractivity contribution in [3.05, 3.63) is 40.1 Å². The zero-order valence-electron chi connectivity index (χ0n) is 21.8. The Morgan fingerprint density at radius 1 is 1.03 bits per heavy atom. The fourth-order valence-electron chi connectivity index (χ4n) is 5.01. The molecule has 9 nitrogen and oxygen atoms in total. The van der Waals surface area contributed by atoms with Crippen molar-refractivity contribution >= 4 is 23.1 Å². The maximum atomic E-state index is 6.57. The molecule has 5 rings (SSSR count). The predicted molar refractivity (Wildman–Crippen MR) is 138 cm³/mol. The quantitative estimate of drug-likeness (QED) is 0.445. The van der Waals surface area contributed by atoms with Crippen LogP contribution >= 0.6 is 0 Å². The van der Waals surface area contributed by atoms with Gasteiger partial charge in [-0.25, -0.2) is 4.68 Å². The van der Waals surface area contributed by atoms with Gasteiger partial charge in [0.15, 0.2) is 0 Å². The average molecular weight is 475 g/mol. The van der Waals surface area contributed by atoms with Crippen LogP contribution in [0.2, 0.25) is 0 Å². The van der Waals surface area contributed by atoms with Gasteiger partial charge >= 0.3 is 0 Å². The number of aromatic amines is 1. The number of hydrogen-bond acceptors (Lipinski definition) is 6. The minimum absolute atomic E-state index is 0.0568. The van der Waals surface area contributed by atoms with E-state index in [0.717, 1.165) is 69.5 Å². The molecule has 0 amide bonds. The number of H-pyrrole nitrogens is 1. The molecule has 0 fully saturated rings. The SMILES string of the molecule is Cc1nn(C)c2c1/C=C/c1[nH]nc3c(C)nc(cc13)-c1c(C)nn(C)c1O[C@@H](C)CN(C(C)C)C2. The molecular formula is C26H34N8O. The van der Waals surface area contributed by atoms with E-state index in [0.29, 0.717) is 6.04 Å². The number of hydrogen-bond donors (Lipinski definition) is 1. The molecule has 1 aliphatic rings. The summed E-state index contributed by atoms with van der Waals surface area (Å²) in [5.74, 6) is 0.734. The van der Waals surface area contributed by atoms with Crippen molar-refractivity contribution < 1.29 is 4.74 Å². The van der Waals surface area contributed by atoms with E-state index in [9.17, 15) is 0 Å². The standard InChI is InChI=1S/C26H34N8O/c1-14(2)34-12-15(3)35-26-24(17(5)31-33(26)8)22-11-20-21(28-29-25(20)18(6)27-22)10-9-19-16(4)30-32(7)23(19)13-34/h9-11,14-15H,12-13H2,1-8H3,(H,28,29)/b10-9+/t15-/m0/s1. The number of pyridine rings is 1. The van der Waals surface area contributed by atoms with E-state index in [2.05, 4.69) is 66.1 Å². The monoisotopic (exact) mass is 474 g/mol. The molecule has 1 aliphatic heterocycles. The summed E-state index contributed by atoms with van der Waals surface area (Å²) in [5.41, 5.74) is 8.64. The molecule has 4 aromatic heterocycles. The molecule has 0 radical (unpaired) electrons. The molecule has 0 saturated carbocycles. The van der Waals surface area contributed by atoms with Gasteiger partial charge < -0.3 is 4.74 Å². The third-order valence-electron chi connectivity index (χ3n) is 6.87. The molecule has 4 aromatic rings. The second-order valence-electron chi connectivity index (χ2n) is 9.87. The van der Waals surface area contributed by atoms with E-state index in [1.165, 1.54) is 5.69 Å². The lowest BCUT2D eigenvalue weighted by Crippen LogP contribution is -2.39. The van der Waals surface area contributed by atoms with Crippen LogP contribution < -0.4 is 4.74 Å². The van der Waals surface area contributed by atoms with Crippen molar-refractivity contribution in [2.75, 3.05) is 6.54 Å². The van der Waals surface area contributed by atoms with Crippen molar-refractivity contribution in [2.24, 2.45) is 14.1 Å². The van der Waals surface area contributed by atoms with Crippen LogP contribution in [0.1, 0.15) is 54.8 Å². The second-order valence-corrected chi connectivity index (χ2v) is 9.87. The number of fused-ring (bicyclic) bond motifs is 4. The molecule has 9 heteroatoms. The van der Waals surface area contributed by atoms with Gasteiger partial charge in [0.2, 0.25) is 5.88 Å². The Bertz CT molecular complexity index is 1440. The number of aromatic nitrogens is 7. The first-order chi connectivity index (χ1) is 16.6. The van der Waals surface area contributed by atoms with Crippen molar-refractivity contribution in [2.45, 2.75) is 60.2 Å². The van der Waals surface area contributed by atoms with Crippen LogP contribution in [0.15, 0.2) is 6.07 Å². The highest BCUT2D eigenvalue weighted by Gasteiger charge is 2.25. The van der Waals surface area contributed by atoms with Crippen LogP contribution in [0.3, 0.4) is 0 Å². The predicted octanol–water partition coefficient (Wildman–Crippen LogP) is 4.18. The van der Waals surface area contributed by atoms with Crippen LogP contribution in [-0.2, 0) is 20.6 Å². The number of nitrogens with one attached hydrogen (secondary N) is 1.